The van der Waals surface area contributed by atoms with Gasteiger partial charge in [0.2, 0.25) is 11.5 Å². The summed E-state index contributed by atoms with van der Waals surface area (Å²) in [4.78, 5) is 33.8. The lowest BCUT2D eigenvalue weighted by Gasteiger charge is -2.26. The molecule has 31 heavy (non-hydrogen) atoms. The predicted molar refractivity (Wildman–Crippen MR) is 120 cm³/mol. The van der Waals surface area contributed by atoms with E-state index in [0.29, 0.717) is 30.8 Å². The Balaban J connectivity index is 1.69. The van der Waals surface area contributed by atoms with E-state index < -0.39 is 12.0 Å². The lowest BCUT2D eigenvalue weighted by atomic mass is 9.87. The Hall–Kier alpha value is -3.51. The van der Waals surface area contributed by atoms with Crippen LogP contribution in [0.3, 0.4) is 0 Å². The molecule has 1 saturated heterocycles. The molecule has 2 aromatic heterocycles. The predicted octanol–water partition coefficient (Wildman–Crippen LogP) is 3.14. The maximum atomic E-state index is 13.4. The molecule has 1 aliphatic rings. The smallest absolute Gasteiger partial charge is 0.247 e. The molecule has 3 aromatic rings. The van der Waals surface area contributed by atoms with Gasteiger partial charge in [-0.15, -0.1) is 0 Å². The molecule has 1 aromatic carbocycles. The van der Waals surface area contributed by atoms with Gasteiger partial charge in [-0.1, -0.05) is 36.9 Å². The molecule has 1 unspecified atom stereocenters. The average molecular weight is 415 g/mol. The van der Waals surface area contributed by atoms with Gasteiger partial charge in [-0.05, 0) is 47.7 Å². The van der Waals surface area contributed by atoms with Gasteiger partial charge < -0.3 is 15.0 Å². The van der Waals surface area contributed by atoms with Crippen LogP contribution in [0.15, 0.2) is 72.3 Å². The zero-order chi connectivity index (χ0) is 22.0. The quantitative estimate of drug-likeness (QED) is 0.670. The minimum atomic E-state index is -0.573. The summed E-state index contributed by atoms with van der Waals surface area (Å²) in [5.41, 5.74) is 4.62. The van der Waals surface area contributed by atoms with Crippen molar-refractivity contribution in [2.45, 2.75) is 25.4 Å². The van der Waals surface area contributed by atoms with Gasteiger partial charge >= 0.3 is 0 Å². The van der Waals surface area contributed by atoms with Gasteiger partial charge in [0, 0.05) is 37.1 Å². The van der Waals surface area contributed by atoms with Gasteiger partial charge in [0.1, 0.15) is 0 Å². The number of H-pyrrole nitrogens is 1. The normalized spacial score (nSPS) is 16.8. The highest BCUT2D eigenvalue weighted by Crippen LogP contribution is 2.35. The molecular weight excluding hydrogens is 390 g/mol. The molecule has 1 aliphatic heterocycles. The van der Waals surface area contributed by atoms with Crippen molar-refractivity contribution in [1.82, 2.24) is 14.9 Å². The fourth-order valence-electron chi connectivity index (χ4n) is 4.06. The molecule has 0 spiro atoms. The third kappa shape index (κ3) is 4.34. The van der Waals surface area contributed by atoms with Crippen LogP contribution in [0.1, 0.15) is 29.2 Å². The number of aromatic nitrogens is 2. The first-order valence-corrected chi connectivity index (χ1v) is 10.3. The molecular formula is C25H25N3O3. The second-order valence-electron chi connectivity index (χ2n) is 7.93. The third-order valence-electron chi connectivity index (χ3n) is 5.70. The number of nitrogens with one attached hydrogen (secondary N) is 1. The number of β-amino-alcohol motifs (C(OH)–C–C–N with tert-alkyl or cyclic N) is 1. The Bertz CT molecular complexity index is 1150. The van der Waals surface area contributed by atoms with Crippen LogP contribution in [0.2, 0.25) is 0 Å². The molecule has 0 aliphatic carbocycles. The molecule has 1 fully saturated rings. The number of benzene rings is 1. The molecule has 0 radical (unpaired) electrons. The topological polar surface area (TPSA) is 86.3 Å². The molecule has 3 heterocycles. The van der Waals surface area contributed by atoms with E-state index in [1.54, 1.807) is 23.4 Å². The van der Waals surface area contributed by atoms with Crippen molar-refractivity contribution in [3.05, 3.63) is 94.7 Å². The molecule has 6 nitrogen and oxygen atoms in total. The molecule has 2 N–H and O–H groups in total. The molecule has 6 heteroatoms. The van der Waals surface area contributed by atoms with Gasteiger partial charge in [-0.2, -0.15) is 0 Å². The van der Waals surface area contributed by atoms with Crippen LogP contribution in [0.4, 0.5) is 0 Å². The minimum Gasteiger partial charge on any atom is -0.391 e. The van der Waals surface area contributed by atoms with E-state index in [1.807, 2.05) is 43.3 Å². The molecule has 0 saturated carbocycles. The Morgan fingerprint density at radius 1 is 1.23 bits per heavy atom. The van der Waals surface area contributed by atoms with Gasteiger partial charge in [-0.25, -0.2) is 0 Å². The Labute approximate surface area is 180 Å². The summed E-state index contributed by atoms with van der Waals surface area (Å²) >= 11 is 0. The van der Waals surface area contributed by atoms with Crippen LogP contribution in [0.5, 0.6) is 0 Å². The molecule has 1 amide bonds. The zero-order valence-electron chi connectivity index (χ0n) is 17.4. The van der Waals surface area contributed by atoms with Crippen molar-refractivity contribution >= 4 is 11.5 Å². The summed E-state index contributed by atoms with van der Waals surface area (Å²) < 4.78 is 0. The second-order valence-corrected chi connectivity index (χ2v) is 7.93. The lowest BCUT2D eigenvalue weighted by Crippen LogP contribution is -2.34. The summed E-state index contributed by atoms with van der Waals surface area (Å²) in [7, 11) is 0. The van der Waals surface area contributed by atoms with Crippen molar-refractivity contribution in [2.75, 3.05) is 13.1 Å². The van der Waals surface area contributed by atoms with Crippen molar-refractivity contribution < 1.29 is 9.90 Å². The summed E-state index contributed by atoms with van der Waals surface area (Å²) in [6.45, 7) is 7.08. The van der Waals surface area contributed by atoms with Crippen molar-refractivity contribution in [1.29, 1.82) is 0 Å². The lowest BCUT2D eigenvalue weighted by molar-refractivity contribution is -0.130. The highest BCUT2D eigenvalue weighted by atomic mass is 16.3. The number of hydrogen-bond donors (Lipinski definition) is 2. The number of likely N-dealkylation sites (tertiary alicyclic amines) is 1. The largest absolute Gasteiger partial charge is 0.391 e. The Morgan fingerprint density at radius 3 is 2.61 bits per heavy atom. The highest BCUT2D eigenvalue weighted by molar-refractivity contribution is 5.97. The minimum absolute atomic E-state index is 0.0707. The van der Waals surface area contributed by atoms with E-state index in [1.165, 1.54) is 6.07 Å². The van der Waals surface area contributed by atoms with Crippen LogP contribution >= 0.6 is 0 Å². The summed E-state index contributed by atoms with van der Waals surface area (Å²) in [5.74, 6) is -0.643. The van der Waals surface area contributed by atoms with Crippen molar-refractivity contribution in [2.24, 2.45) is 0 Å². The van der Waals surface area contributed by atoms with Gasteiger partial charge in [-0.3, -0.25) is 14.6 Å². The van der Waals surface area contributed by atoms with Crippen molar-refractivity contribution in [3.63, 3.8) is 0 Å². The number of aliphatic hydroxyl groups is 1. The standard InChI is InChI=1S/C25H25N3O3/c1-16-12-20(19-8-9-22(30)26-13-19)14-27-24(16)17(2)23(18-6-4-3-5-7-18)25(31)28-11-10-21(29)15-28/h3-9,12-14,21,23,29H,2,10-11,15H2,1H3,(H,26,30)/t21-,23?/m0/s1. The first-order chi connectivity index (χ1) is 14.9. The number of hydrogen-bond acceptors (Lipinski definition) is 4. The Kier molecular flexibility index (Phi) is 5.82. The van der Waals surface area contributed by atoms with Gasteiger partial charge in [0.05, 0.1) is 17.7 Å². The molecule has 158 valence electrons. The first kappa shape index (κ1) is 20.8. The van der Waals surface area contributed by atoms with E-state index in [0.717, 1.165) is 22.3 Å². The zero-order valence-corrected chi connectivity index (χ0v) is 17.4. The number of aryl methyl sites for hydroxylation is 1. The molecule has 0 bridgehead atoms. The van der Waals surface area contributed by atoms with Crippen LogP contribution in [-0.2, 0) is 4.79 Å². The number of carbonyl (C=O) groups is 1. The fourth-order valence-corrected chi connectivity index (χ4v) is 4.06. The number of amides is 1. The Morgan fingerprint density at radius 2 is 2.00 bits per heavy atom. The monoisotopic (exact) mass is 415 g/mol. The first-order valence-electron chi connectivity index (χ1n) is 10.3. The summed E-state index contributed by atoms with van der Waals surface area (Å²) in [6.07, 6.45) is 3.49. The number of carbonyl (C=O) groups excluding carboxylic acids is 1. The van der Waals surface area contributed by atoms with Gasteiger partial charge in [0.25, 0.3) is 0 Å². The average Bonchev–Trinajstić information content (AvgIpc) is 3.21. The fraction of sp³-hybridized carbons (Fsp3) is 0.240. The van der Waals surface area contributed by atoms with Gasteiger partial charge in [0.15, 0.2) is 0 Å². The van der Waals surface area contributed by atoms with E-state index in [-0.39, 0.29) is 11.5 Å². The number of aromatic amines is 1. The van der Waals surface area contributed by atoms with E-state index >= 15 is 0 Å². The molecule has 2 atom stereocenters. The number of aliphatic hydroxyl groups excluding tert-OH is 1. The summed E-state index contributed by atoms with van der Waals surface area (Å²) in [5, 5.41) is 9.91. The number of rotatable bonds is 5. The van der Waals surface area contributed by atoms with E-state index in [4.69, 9.17) is 0 Å². The van der Waals surface area contributed by atoms with Crippen molar-refractivity contribution in [3.8, 4) is 11.1 Å². The maximum Gasteiger partial charge on any atom is 0.247 e. The van der Waals surface area contributed by atoms with Crippen LogP contribution in [0.25, 0.3) is 16.7 Å². The molecule has 4 rings (SSSR count). The maximum absolute atomic E-state index is 13.4. The highest BCUT2D eigenvalue weighted by Gasteiger charge is 2.33. The van der Waals surface area contributed by atoms with Crippen LogP contribution in [0, 0.1) is 6.92 Å². The van der Waals surface area contributed by atoms with E-state index in [9.17, 15) is 14.7 Å². The van der Waals surface area contributed by atoms with Crippen LogP contribution in [-0.4, -0.2) is 45.1 Å². The summed E-state index contributed by atoms with van der Waals surface area (Å²) in [6, 6.07) is 14.8. The second kappa shape index (κ2) is 8.70. The third-order valence-corrected chi connectivity index (χ3v) is 5.70. The number of pyridine rings is 2. The van der Waals surface area contributed by atoms with Crippen LogP contribution < -0.4 is 5.56 Å². The number of nitrogens with zero attached hydrogens (tertiary/aromatic N) is 2. The SMILES string of the molecule is C=C(c1ncc(-c2ccc(=O)[nH]c2)cc1C)C(C(=O)N1CC[C@H](O)C1)c1ccccc1. The van der Waals surface area contributed by atoms with E-state index in [2.05, 4.69) is 16.5 Å².